The summed E-state index contributed by atoms with van der Waals surface area (Å²) in [6.45, 7) is 6.61. The molecular weight excluding hydrogens is 423 g/mol. The van der Waals surface area contributed by atoms with Crippen molar-refractivity contribution in [2.45, 2.75) is 56.7 Å². The van der Waals surface area contributed by atoms with Gasteiger partial charge in [-0.05, 0) is 67.1 Å². The van der Waals surface area contributed by atoms with Gasteiger partial charge < -0.3 is 0 Å². The van der Waals surface area contributed by atoms with Crippen LogP contribution in [0.2, 0.25) is 0 Å². The Bertz CT molecular complexity index is 833. The van der Waals surface area contributed by atoms with E-state index in [9.17, 15) is 9.59 Å². The number of carbonyl (C=O) groups is 2. The van der Waals surface area contributed by atoms with Gasteiger partial charge in [-0.25, -0.2) is 0 Å². The number of ketones is 2. The van der Waals surface area contributed by atoms with Crippen LogP contribution in [0.4, 0.5) is 0 Å². The fraction of sp³-hybridized carbons (Fsp3) is 0.667. The number of fused-ring (bicyclic) bond motifs is 5. The van der Waals surface area contributed by atoms with Crippen LogP contribution in [0.3, 0.4) is 0 Å². The van der Waals surface area contributed by atoms with Gasteiger partial charge in [0.25, 0.3) is 0 Å². The topological polar surface area (TPSA) is 34.1 Å². The lowest BCUT2D eigenvalue weighted by molar-refractivity contribution is -0.125. The Labute approximate surface area is 189 Å². The van der Waals surface area contributed by atoms with Gasteiger partial charge in [-0.1, -0.05) is 38.5 Å². The lowest BCUT2D eigenvalue weighted by atomic mass is 9.47. The Morgan fingerprint density at radius 1 is 1.34 bits per heavy atom. The van der Waals surface area contributed by atoms with Gasteiger partial charge in [-0.3, -0.25) is 9.59 Å². The van der Waals surface area contributed by atoms with Gasteiger partial charge in [0, 0.05) is 17.1 Å². The molecular formula is C24H30Cl2O2S. The van der Waals surface area contributed by atoms with E-state index in [-0.39, 0.29) is 34.2 Å². The van der Waals surface area contributed by atoms with Gasteiger partial charge in [0.05, 0.1) is 10.3 Å². The number of thiol groups is 1. The fourth-order valence-electron chi connectivity index (χ4n) is 7.39. The molecule has 0 saturated heterocycles. The number of allylic oxidation sites excluding steroid dienone is 5. The maximum absolute atomic E-state index is 13.1. The molecule has 2 unspecified atom stereocenters. The van der Waals surface area contributed by atoms with Crippen molar-refractivity contribution in [3.63, 3.8) is 0 Å². The van der Waals surface area contributed by atoms with Crippen LogP contribution >= 0.6 is 35.8 Å². The molecule has 0 aromatic rings. The lowest BCUT2D eigenvalue weighted by Gasteiger charge is -2.63. The average molecular weight is 453 g/mol. The van der Waals surface area contributed by atoms with E-state index in [1.807, 2.05) is 12.2 Å². The third kappa shape index (κ3) is 2.90. The monoisotopic (exact) mass is 452 g/mol. The first-order chi connectivity index (χ1) is 13.6. The van der Waals surface area contributed by atoms with Crippen molar-refractivity contribution < 1.29 is 9.59 Å². The molecule has 0 heterocycles. The molecule has 0 radical (unpaired) electrons. The zero-order valence-corrected chi connectivity index (χ0v) is 19.7. The molecule has 5 heteroatoms. The van der Waals surface area contributed by atoms with E-state index in [1.165, 1.54) is 0 Å². The van der Waals surface area contributed by atoms with Crippen molar-refractivity contribution in [3.05, 3.63) is 36.0 Å². The minimum absolute atomic E-state index is 0.0284. The summed E-state index contributed by atoms with van der Waals surface area (Å²) in [6.07, 6.45) is 12.5. The molecule has 0 spiro atoms. The Morgan fingerprint density at radius 2 is 2.07 bits per heavy atom. The molecule has 0 aliphatic heterocycles. The molecule has 4 aliphatic rings. The van der Waals surface area contributed by atoms with Crippen LogP contribution in [0.15, 0.2) is 36.0 Å². The van der Waals surface area contributed by atoms with Crippen molar-refractivity contribution in [2.75, 3.05) is 5.75 Å². The van der Waals surface area contributed by atoms with E-state index in [2.05, 4.69) is 33.4 Å². The Kier molecular flexibility index (Phi) is 5.45. The third-order valence-corrected chi connectivity index (χ3v) is 10.4. The second kappa shape index (κ2) is 7.28. The second-order valence-electron chi connectivity index (χ2n) is 9.98. The summed E-state index contributed by atoms with van der Waals surface area (Å²) in [5, 5.41) is -0.267. The minimum Gasteiger partial charge on any atom is -0.295 e. The van der Waals surface area contributed by atoms with Crippen LogP contribution in [-0.2, 0) is 9.59 Å². The summed E-state index contributed by atoms with van der Waals surface area (Å²) in [6, 6.07) is 0. The SMILES string of the molecule is CC1C[C@H]2[C@@H]3CCC4=CC(=O)C=C[C@]4(C)[C@@]3(Cl)C(Cl)C[C@]2(C)[C@H]1C(=O)C=CCS. The highest BCUT2D eigenvalue weighted by atomic mass is 35.5. The molecule has 0 aromatic heterocycles. The zero-order chi connectivity index (χ0) is 21.2. The van der Waals surface area contributed by atoms with Crippen LogP contribution in [0.25, 0.3) is 0 Å². The first kappa shape index (κ1) is 21.7. The Balaban J connectivity index is 1.76. The highest BCUT2D eigenvalue weighted by Gasteiger charge is 2.70. The molecule has 158 valence electrons. The molecule has 0 N–H and O–H groups in total. The van der Waals surface area contributed by atoms with E-state index >= 15 is 0 Å². The van der Waals surface area contributed by atoms with E-state index in [0.717, 1.165) is 31.3 Å². The highest BCUT2D eigenvalue weighted by molar-refractivity contribution is 7.80. The molecule has 8 atom stereocenters. The molecule has 2 nitrogen and oxygen atoms in total. The summed E-state index contributed by atoms with van der Waals surface area (Å²) in [5.74, 6) is 1.66. The van der Waals surface area contributed by atoms with Crippen LogP contribution in [0.5, 0.6) is 0 Å². The average Bonchev–Trinajstić information content (AvgIpc) is 2.91. The standard InChI is InChI=1S/C24H30Cl2O2S/c1-14-11-18-17-7-6-15-12-16(27)8-9-23(15,3)24(17,26)20(25)13-22(18,2)21(14)19(28)5-4-10-29/h4-5,8-9,12,14,17-18,20-21,29H,6-7,10-11,13H2,1-3H3/t14?,17-,18-,20?,21+,22-,23-,24-/m0/s1. The van der Waals surface area contributed by atoms with Gasteiger partial charge in [0.1, 0.15) is 0 Å². The summed E-state index contributed by atoms with van der Waals surface area (Å²) in [5.41, 5.74) is 0.538. The van der Waals surface area contributed by atoms with Crippen molar-refractivity contribution in [1.82, 2.24) is 0 Å². The molecule has 0 amide bonds. The van der Waals surface area contributed by atoms with Crippen molar-refractivity contribution in [1.29, 1.82) is 0 Å². The molecule has 3 saturated carbocycles. The Morgan fingerprint density at radius 3 is 2.76 bits per heavy atom. The van der Waals surface area contributed by atoms with Gasteiger partial charge in [-0.2, -0.15) is 12.6 Å². The molecule has 4 rings (SSSR count). The van der Waals surface area contributed by atoms with Crippen molar-refractivity contribution >= 4 is 47.4 Å². The van der Waals surface area contributed by atoms with Crippen LogP contribution in [-0.4, -0.2) is 27.6 Å². The normalized spacial score (nSPS) is 48.8. The van der Waals surface area contributed by atoms with Crippen LogP contribution in [0.1, 0.15) is 46.5 Å². The maximum atomic E-state index is 13.1. The smallest absolute Gasteiger partial charge is 0.178 e. The van der Waals surface area contributed by atoms with Gasteiger partial charge >= 0.3 is 0 Å². The van der Waals surface area contributed by atoms with E-state index in [4.69, 9.17) is 23.2 Å². The second-order valence-corrected chi connectivity index (χ2v) is 11.5. The molecule has 4 aliphatic carbocycles. The molecule has 0 aromatic carbocycles. The summed E-state index contributed by atoms with van der Waals surface area (Å²) < 4.78 is 0. The van der Waals surface area contributed by atoms with Gasteiger partial charge in [-0.15, -0.1) is 23.2 Å². The predicted octanol–water partition coefficient (Wildman–Crippen LogP) is 5.79. The molecule has 0 bridgehead atoms. The first-order valence-electron chi connectivity index (χ1n) is 10.7. The van der Waals surface area contributed by atoms with Gasteiger partial charge in [0.15, 0.2) is 11.6 Å². The number of rotatable bonds is 3. The number of hydrogen-bond donors (Lipinski definition) is 1. The third-order valence-electron chi connectivity index (χ3n) is 8.63. The highest BCUT2D eigenvalue weighted by Crippen LogP contribution is 2.71. The van der Waals surface area contributed by atoms with Crippen LogP contribution in [0, 0.1) is 34.5 Å². The molecule has 29 heavy (non-hydrogen) atoms. The fourth-order valence-corrected chi connectivity index (χ4v) is 8.74. The predicted molar refractivity (Wildman–Crippen MR) is 123 cm³/mol. The molecule has 3 fully saturated rings. The number of carbonyl (C=O) groups excluding carboxylic acids is 2. The van der Waals surface area contributed by atoms with Crippen molar-refractivity contribution in [3.8, 4) is 0 Å². The summed E-state index contributed by atoms with van der Waals surface area (Å²) in [4.78, 5) is 24.5. The van der Waals surface area contributed by atoms with E-state index in [1.54, 1.807) is 18.2 Å². The minimum atomic E-state index is -0.640. The lowest BCUT2D eigenvalue weighted by Crippen LogP contribution is -2.64. The van der Waals surface area contributed by atoms with E-state index < -0.39 is 10.3 Å². The largest absolute Gasteiger partial charge is 0.295 e. The Hall–Kier alpha value is -0.510. The number of alkyl halides is 2. The van der Waals surface area contributed by atoms with E-state index in [0.29, 0.717) is 17.6 Å². The summed E-state index contributed by atoms with van der Waals surface area (Å²) in [7, 11) is 0. The zero-order valence-electron chi connectivity index (χ0n) is 17.3. The summed E-state index contributed by atoms with van der Waals surface area (Å²) >= 11 is 18.9. The van der Waals surface area contributed by atoms with Crippen LogP contribution < -0.4 is 0 Å². The van der Waals surface area contributed by atoms with Crippen molar-refractivity contribution in [2.24, 2.45) is 34.5 Å². The number of hydrogen-bond acceptors (Lipinski definition) is 3. The van der Waals surface area contributed by atoms with Gasteiger partial charge in [0.2, 0.25) is 0 Å². The maximum Gasteiger partial charge on any atom is 0.178 e. The number of halogens is 2. The quantitative estimate of drug-likeness (QED) is 0.333. The first-order valence-corrected chi connectivity index (χ1v) is 12.1.